The summed E-state index contributed by atoms with van der Waals surface area (Å²) in [5, 5.41) is 3.60. The minimum absolute atomic E-state index is 0.0515. The van der Waals surface area contributed by atoms with Gasteiger partial charge in [0, 0.05) is 18.3 Å². The van der Waals surface area contributed by atoms with Gasteiger partial charge in [-0.2, -0.15) is 8.78 Å². The molecular formula is C18H17F2N3O5. The molecule has 4 rings (SSSR count). The zero-order valence-electron chi connectivity index (χ0n) is 14.7. The maximum Gasteiger partial charge on any atom is 0.437 e. The third kappa shape index (κ3) is 3.36. The Morgan fingerprint density at radius 3 is 2.64 bits per heavy atom. The number of morpholine rings is 1. The van der Waals surface area contributed by atoms with E-state index < -0.39 is 23.5 Å². The first-order chi connectivity index (χ1) is 13.4. The Labute approximate surface area is 158 Å². The van der Waals surface area contributed by atoms with Crippen molar-refractivity contribution in [2.24, 2.45) is 0 Å². The van der Waals surface area contributed by atoms with Gasteiger partial charge in [-0.15, -0.1) is 0 Å². The average molecular weight is 393 g/mol. The van der Waals surface area contributed by atoms with E-state index in [0.717, 1.165) is 4.90 Å². The first-order valence-electron chi connectivity index (χ1n) is 8.63. The highest BCUT2D eigenvalue weighted by Crippen LogP contribution is 2.36. The second-order valence-electron chi connectivity index (χ2n) is 6.69. The molecule has 2 aliphatic rings. The van der Waals surface area contributed by atoms with Crippen molar-refractivity contribution in [1.29, 1.82) is 0 Å². The van der Waals surface area contributed by atoms with E-state index in [1.165, 1.54) is 17.2 Å². The van der Waals surface area contributed by atoms with Crippen LogP contribution < -0.4 is 4.90 Å². The molecule has 10 heteroatoms. The fourth-order valence-corrected chi connectivity index (χ4v) is 3.40. The summed E-state index contributed by atoms with van der Waals surface area (Å²) in [7, 11) is 0. The van der Waals surface area contributed by atoms with Crippen molar-refractivity contribution in [3.8, 4) is 0 Å². The summed E-state index contributed by atoms with van der Waals surface area (Å²) in [5.74, 6) is -1.95. The van der Waals surface area contributed by atoms with Crippen LogP contribution in [-0.2, 0) is 14.3 Å². The molecular weight excluding hydrogens is 376 g/mol. The van der Waals surface area contributed by atoms with Gasteiger partial charge in [-0.05, 0) is 12.1 Å². The van der Waals surface area contributed by atoms with E-state index in [0.29, 0.717) is 5.69 Å². The Bertz CT molecular complexity index is 861. The first-order valence-corrected chi connectivity index (χ1v) is 8.63. The number of ether oxygens (including phenoxy) is 2. The van der Waals surface area contributed by atoms with E-state index in [1.54, 1.807) is 30.3 Å². The summed E-state index contributed by atoms with van der Waals surface area (Å²) in [6.45, 7) is -0.262. The largest absolute Gasteiger partial charge is 0.437 e. The monoisotopic (exact) mass is 393 g/mol. The maximum atomic E-state index is 14.5. The van der Waals surface area contributed by atoms with Crippen LogP contribution in [0.15, 0.2) is 47.2 Å². The van der Waals surface area contributed by atoms with E-state index in [1.807, 2.05) is 0 Å². The summed E-state index contributed by atoms with van der Waals surface area (Å²) in [5.41, 5.74) is -1.23. The lowest BCUT2D eigenvalue weighted by atomic mass is 10.00. The molecule has 8 nitrogen and oxygen atoms in total. The number of benzene rings is 1. The van der Waals surface area contributed by atoms with Crippen LogP contribution in [-0.4, -0.2) is 66.4 Å². The van der Waals surface area contributed by atoms with E-state index in [4.69, 9.17) is 9.47 Å². The summed E-state index contributed by atoms with van der Waals surface area (Å²) >= 11 is 0. The number of nitrogens with zero attached hydrogens (tertiary/aromatic N) is 3. The molecule has 148 valence electrons. The van der Waals surface area contributed by atoms with E-state index in [9.17, 15) is 18.4 Å². The number of anilines is 1. The van der Waals surface area contributed by atoms with Gasteiger partial charge in [-0.25, -0.2) is 0 Å². The Morgan fingerprint density at radius 2 is 1.93 bits per heavy atom. The van der Waals surface area contributed by atoms with Gasteiger partial charge in [-0.1, -0.05) is 23.4 Å². The predicted octanol–water partition coefficient (Wildman–Crippen LogP) is 1.54. The van der Waals surface area contributed by atoms with Gasteiger partial charge in [0.25, 0.3) is 5.91 Å². The minimum Gasteiger partial charge on any atom is -0.376 e. The van der Waals surface area contributed by atoms with E-state index in [-0.39, 0.29) is 38.5 Å². The van der Waals surface area contributed by atoms with Crippen molar-refractivity contribution >= 4 is 17.5 Å². The lowest BCUT2D eigenvalue weighted by Crippen LogP contribution is -2.66. The van der Waals surface area contributed by atoms with Crippen LogP contribution in [0.1, 0.15) is 10.5 Å². The third-order valence-corrected chi connectivity index (χ3v) is 4.65. The number of carbonyl (C=O) groups excluding carboxylic acids is 2. The van der Waals surface area contributed by atoms with Crippen LogP contribution in [0, 0.1) is 0 Å². The van der Waals surface area contributed by atoms with Crippen LogP contribution in [0.2, 0.25) is 0 Å². The summed E-state index contributed by atoms with van der Waals surface area (Å²) < 4.78 is 44.1. The fourth-order valence-electron chi connectivity index (χ4n) is 3.40. The number of halogens is 2. The van der Waals surface area contributed by atoms with Crippen molar-refractivity contribution < 1.29 is 32.4 Å². The van der Waals surface area contributed by atoms with Gasteiger partial charge < -0.3 is 19.1 Å². The minimum atomic E-state index is -4.05. The Morgan fingerprint density at radius 1 is 1.14 bits per heavy atom. The SMILES string of the molecule is O=C(c1ccon1)N1CCOCC2(C1)CN(c1ccccc1)C(=O)C(F)(F)O2. The quantitative estimate of drug-likeness (QED) is 0.770. The molecule has 28 heavy (non-hydrogen) atoms. The molecule has 2 aliphatic heterocycles. The highest BCUT2D eigenvalue weighted by atomic mass is 19.3. The first kappa shape index (κ1) is 18.5. The standard InChI is InChI=1S/C18H17F2N3O5/c19-18(20)16(25)23(13-4-2-1-3-5-13)11-17(28-18)10-22(7-9-26-12-17)15(24)14-6-8-27-21-14/h1-6,8H,7,9-12H2. The molecule has 2 aromatic rings. The van der Waals surface area contributed by atoms with Crippen molar-refractivity contribution in [2.75, 3.05) is 37.7 Å². The zero-order chi connectivity index (χ0) is 19.8. The van der Waals surface area contributed by atoms with Gasteiger partial charge in [0.1, 0.15) is 11.9 Å². The zero-order valence-corrected chi connectivity index (χ0v) is 14.7. The molecule has 3 heterocycles. The lowest BCUT2D eigenvalue weighted by Gasteiger charge is -2.45. The Kier molecular flexibility index (Phi) is 4.60. The summed E-state index contributed by atoms with van der Waals surface area (Å²) in [4.78, 5) is 27.2. The molecule has 0 bridgehead atoms. The number of para-hydroxylation sites is 1. The van der Waals surface area contributed by atoms with Crippen molar-refractivity contribution in [3.63, 3.8) is 0 Å². The van der Waals surface area contributed by atoms with Crippen molar-refractivity contribution in [1.82, 2.24) is 10.1 Å². The molecule has 0 radical (unpaired) electrons. The topological polar surface area (TPSA) is 85.1 Å². The van der Waals surface area contributed by atoms with Crippen LogP contribution in [0.25, 0.3) is 0 Å². The van der Waals surface area contributed by atoms with Crippen LogP contribution in [0.3, 0.4) is 0 Å². The Hall–Kier alpha value is -2.85. The van der Waals surface area contributed by atoms with Crippen LogP contribution >= 0.6 is 0 Å². The number of amides is 2. The number of rotatable bonds is 2. The molecule has 0 saturated carbocycles. The highest BCUT2D eigenvalue weighted by Gasteiger charge is 2.58. The highest BCUT2D eigenvalue weighted by molar-refractivity contribution is 5.98. The van der Waals surface area contributed by atoms with Gasteiger partial charge in [0.2, 0.25) is 0 Å². The molecule has 0 aliphatic carbocycles. The molecule has 1 spiro atoms. The third-order valence-electron chi connectivity index (χ3n) is 4.65. The molecule has 1 aromatic heterocycles. The Balaban J connectivity index is 1.66. The second-order valence-corrected chi connectivity index (χ2v) is 6.69. The molecule has 1 unspecified atom stereocenters. The maximum absolute atomic E-state index is 14.5. The predicted molar refractivity (Wildman–Crippen MR) is 90.8 cm³/mol. The van der Waals surface area contributed by atoms with E-state index >= 15 is 0 Å². The van der Waals surface area contributed by atoms with Gasteiger partial charge >= 0.3 is 12.0 Å². The molecule has 2 fully saturated rings. The smallest absolute Gasteiger partial charge is 0.376 e. The number of carbonyl (C=O) groups is 2. The molecule has 2 saturated heterocycles. The lowest BCUT2D eigenvalue weighted by molar-refractivity contribution is -0.293. The van der Waals surface area contributed by atoms with Crippen molar-refractivity contribution in [2.45, 2.75) is 11.7 Å². The second kappa shape index (κ2) is 6.95. The van der Waals surface area contributed by atoms with Crippen LogP contribution in [0.4, 0.5) is 14.5 Å². The van der Waals surface area contributed by atoms with Gasteiger partial charge in [-0.3, -0.25) is 14.3 Å². The number of alkyl halides is 2. The molecule has 0 N–H and O–H groups in total. The van der Waals surface area contributed by atoms with Gasteiger partial charge in [0.15, 0.2) is 5.69 Å². The number of hydrogen-bond donors (Lipinski definition) is 0. The summed E-state index contributed by atoms with van der Waals surface area (Å²) in [6.07, 6.45) is -2.80. The van der Waals surface area contributed by atoms with Crippen molar-refractivity contribution in [3.05, 3.63) is 48.4 Å². The van der Waals surface area contributed by atoms with Gasteiger partial charge in [0.05, 0.1) is 26.3 Å². The fraction of sp³-hybridized carbons (Fsp3) is 0.389. The molecule has 1 atom stereocenters. The number of hydrogen-bond acceptors (Lipinski definition) is 6. The van der Waals surface area contributed by atoms with Crippen LogP contribution in [0.5, 0.6) is 0 Å². The van der Waals surface area contributed by atoms with E-state index in [2.05, 4.69) is 9.68 Å². The average Bonchev–Trinajstić information content (AvgIpc) is 3.14. The normalized spacial score (nSPS) is 25.0. The molecule has 2 amide bonds. The summed E-state index contributed by atoms with van der Waals surface area (Å²) in [6, 6.07) is 9.51. The molecule has 1 aromatic carbocycles. The number of aromatic nitrogens is 1.